The lowest BCUT2D eigenvalue weighted by Crippen LogP contribution is -2.13. The second-order valence-corrected chi connectivity index (χ2v) is 3.93. The van der Waals surface area contributed by atoms with Crippen LogP contribution in [0.1, 0.15) is 25.8 Å². The Labute approximate surface area is 117 Å². The highest BCUT2D eigenvalue weighted by molar-refractivity contribution is 5.98. The molecule has 0 aliphatic carbocycles. The average molecular weight is 278 g/mol. The Morgan fingerprint density at radius 3 is 2.40 bits per heavy atom. The van der Waals surface area contributed by atoms with E-state index >= 15 is 0 Å². The zero-order valence-corrected chi connectivity index (χ0v) is 11.6. The van der Waals surface area contributed by atoms with Crippen LogP contribution in [0.4, 0.5) is 0 Å². The van der Waals surface area contributed by atoms with Crippen LogP contribution in [0.2, 0.25) is 0 Å². The highest BCUT2D eigenvalue weighted by Crippen LogP contribution is 2.21. The number of carbonyl (C=O) groups is 2. The molecule has 0 radical (unpaired) electrons. The van der Waals surface area contributed by atoms with Gasteiger partial charge in [0.2, 0.25) is 0 Å². The molecule has 0 aliphatic rings. The molecule has 5 heteroatoms. The van der Waals surface area contributed by atoms with Gasteiger partial charge in [-0.25, -0.2) is 4.79 Å². The number of rotatable bonds is 6. The Morgan fingerprint density at radius 2 is 1.80 bits per heavy atom. The van der Waals surface area contributed by atoms with Gasteiger partial charge in [-0.15, -0.1) is 0 Å². The van der Waals surface area contributed by atoms with Crippen LogP contribution in [0.15, 0.2) is 29.8 Å². The fourth-order valence-electron chi connectivity index (χ4n) is 1.57. The van der Waals surface area contributed by atoms with Gasteiger partial charge in [0.25, 0.3) is 0 Å². The van der Waals surface area contributed by atoms with Crippen LogP contribution in [-0.2, 0) is 19.1 Å². The Kier molecular flexibility index (Phi) is 6.29. The summed E-state index contributed by atoms with van der Waals surface area (Å²) in [6, 6.07) is 6.53. The smallest absolute Gasteiger partial charge is 0.334 e. The topological polar surface area (TPSA) is 72.8 Å². The SMILES string of the molecule is CCOC(=O)CC(=Cc1ccccc1O)C(=O)OCC. The lowest BCUT2D eigenvalue weighted by Gasteiger charge is -2.07. The van der Waals surface area contributed by atoms with Crippen LogP contribution >= 0.6 is 0 Å². The van der Waals surface area contributed by atoms with Crippen molar-refractivity contribution < 1.29 is 24.2 Å². The van der Waals surface area contributed by atoms with E-state index < -0.39 is 11.9 Å². The normalized spacial score (nSPS) is 11.0. The third-order valence-corrected chi connectivity index (χ3v) is 2.44. The largest absolute Gasteiger partial charge is 0.507 e. The van der Waals surface area contributed by atoms with Crippen LogP contribution in [0.25, 0.3) is 6.08 Å². The van der Waals surface area contributed by atoms with Gasteiger partial charge >= 0.3 is 11.9 Å². The van der Waals surface area contributed by atoms with Gasteiger partial charge in [-0.2, -0.15) is 0 Å². The van der Waals surface area contributed by atoms with Gasteiger partial charge in [-0.05, 0) is 26.0 Å². The molecule has 0 unspecified atom stereocenters. The Bertz CT molecular complexity index is 505. The van der Waals surface area contributed by atoms with Crippen LogP contribution in [0, 0.1) is 0 Å². The van der Waals surface area contributed by atoms with E-state index in [1.165, 1.54) is 12.1 Å². The number of benzene rings is 1. The van der Waals surface area contributed by atoms with E-state index in [1.54, 1.807) is 32.0 Å². The highest BCUT2D eigenvalue weighted by Gasteiger charge is 2.16. The third kappa shape index (κ3) is 4.76. The zero-order chi connectivity index (χ0) is 15.0. The number of carbonyl (C=O) groups excluding carboxylic acids is 2. The van der Waals surface area contributed by atoms with E-state index in [0.717, 1.165) is 0 Å². The van der Waals surface area contributed by atoms with Crippen molar-refractivity contribution in [2.24, 2.45) is 0 Å². The first-order valence-corrected chi connectivity index (χ1v) is 6.39. The molecule has 1 aromatic carbocycles. The minimum absolute atomic E-state index is 0.0261. The standard InChI is InChI=1S/C15H18O5/c1-3-19-14(17)10-12(15(18)20-4-2)9-11-7-5-6-8-13(11)16/h5-9,16H,3-4,10H2,1-2H3. The molecule has 0 spiro atoms. The van der Waals surface area contributed by atoms with Crippen LogP contribution < -0.4 is 0 Å². The van der Waals surface area contributed by atoms with E-state index in [2.05, 4.69) is 0 Å². The van der Waals surface area contributed by atoms with Crippen LogP contribution in [-0.4, -0.2) is 30.3 Å². The minimum Gasteiger partial charge on any atom is -0.507 e. The fraction of sp³-hybridized carbons (Fsp3) is 0.333. The molecule has 0 aromatic heterocycles. The molecule has 0 heterocycles. The number of para-hydroxylation sites is 1. The first-order chi connectivity index (χ1) is 9.58. The molecule has 20 heavy (non-hydrogen) atoms. The van der Waals surface area contributed by atoms with Crippen molar-refractivity contribution >= 4 is 18.0 Å². The fourth-order valence-corrected chi connectivity index (χ4v) is 1.57. The first-order valence-electron chi connectivity index (χ1n) is 6.39. The van der Waals surface area contributed by atoms with Gasteiger partial charge in [0, 0.05) is 11.1 Å². The first kappa shape index (κ1) is 15.8. The molecule has 0 atom stereocenters. The highest BCUT2D eigenvalue weighted by atomic mass is 16.5. The van der Waals surface area contributed by atoms with Crippen molar-refractivity contribution in [2.75, 3.05) is 13.2 Å². The molecular formula is C15H18O5. The molecule has 5 nitrogen and oxygen atoms in total. The Balaban J connectivity index is 3.00. The van der Waals surface area contributed by atoms with E-state index in [-0.39, 0.29) is 31.0 Å². The molecule has 0 amide bonds. The number of ether oxygens (including phenoxy) is 2. The van der Waals surface area contributed by atoms with Crippen molar-refractivity contribution in [1.82, 2.24) is 0 Å². The quantitative estimate of drug-likeness (QED) is 0.638. The molecule has 0 saturated heterocycles. The number of aromatic hydroxyl groups is 1. The summed E-state index contributed by atoms with van der Waals surface area (Å²) in [6.07, 6.45) is 1.24. The molecule has 1 N–H and O–H groups in total. The molecule has 1 aromatic rings. The number of hydrogen-bond donors (Lipinski definition) is 1. The number of phenols is 1. The van der Waals surface area contributed by atoms with E-state index in [1.807, 2.05) is 0 Å². The zero-order valence-electron chi connectivity index (χ0n) is 11.6. The molecule has 0 bridgehead atoms. The summed E-state index contributed by atoms with van der Waals surface area (Å²) in [5, 5.41) is 9.70. The van der Waals surface area contributed by atoms with Crippen molar-refractivity contribution in [1.29, 1.82) is 0 Å². The second-order valence-electron chi connectivity index (χ2n) is 3.93. The van der Waals surface area contributed by atoms with E-state index in [9.17, 15) is 14.7 Å². The maximum Gasteiger partial charge on any atom is 0.334 e. The van der Waals surface area contributed by atoms with Gasteiger partial charge in [0.05, 0.1) is 19.6 Å². The molecule has 1 rings (SSSR count). The van der Waals surface area contributed by atoms with E-state index in [0.29, 0.717) is 5.56 Å². The van der Waals surface area contributed by atoms with Gasteiger partial charge < -0.3 is 14.6 Å². The minimum atomic E-state index is -0.594. The van der Waals surface area contributed by atoms with Gasteiger partial charge in [-0.3, -0.25) is 4.79 Å². The maximum atomic E-state index is 11.8. The molecular weight excluding hydrogens is 260 g/mol. The number of esters is 2. The average Bonchev–Trinajstić information content (AvgIpc) is 2.41. The van der Waals surface area contributed by atoms with Gasteiger partial charge in [0.1, 0.15) is 5.75 Å². The summed E-state index contributed by atoms with van der Waals surface area (Å²) in [4.78, 5) is 23.3. The summed E-state index contributed by atoms with van der Waals surface area (Å²) in [5.41, 5.74) is 0.589. The van der Waals surface area contributed by atoms with Crippen molar-refractivity contribution in [3.8, 4) is 5.75 Å². The van der Waals surface area contributed by atoms with Crippen molar-refractivity contribution in [3.63, 3.8) is 0 Å². The summed E-state index contributed by atoms with van der Waals surface area (Å²) < 4.78 is 9.72. The summed E-state index contributed by atoms with van der Waals surface area (Å²) in [5.74, 6) is -1.08. The third-order valence-electron chi connectivity index (χ3n) is 2.44. The predicted octanol–water partition coefficient (Wildman–Crippen LogP) is 2.29. The van der Waals surface area contributed by atoms with Gasteiger partial charge in [0.15, 0.2) is 0 Å². The molecule has 108 valence electrons. The van der Waals surface area contributed by atoms with Gasteiger partial charge in [-0.1, -0.05) is 18.2 Å². The van der Waals surface area contributed by atoms with Crippen molar-refractivity contribution in [2.45, 2.75) is 20.3 Å². The lowest BCUT2D eigenvalue weighted by atomic mass is 10.1. The molecule has 0 fully saturated rings. The van der Waals surface area contributed by atoms with Crippen LogP contribution in [0.5, 0.6) is 5.75 Å². The van der Waals surface area contributed by atoms with E-state index in [4.69, 9.17) is 9.47 Å². The molecule has 0 aliphatic heterocycles. The van der Waals surface area contributed by atoms with Crippen molar-refractivity contribution in [3.05, 3.63) is 35.4 Å². The second kappa shape index (κ2) is 7.99. The summed E-state index contributed by atoms with van der Waals surface area (Å²) in [6.45, 7) is 3.82. The summed E-state index contributed by atoms with van der Waals surface area (Å²) >= 11 is 0. The lowest BCUT2D eigenvalue weighted by molar-refractivity contribution is -0.145. The number of phenolic OH excluding ortho intramolecular Hbond substituents is 1. The Hall–Kier alpha value is -2.30. The molecule has 0 saturated carbocycles. The maximum absolute atomic E-state index is 11.8. The van der Waals surface area contributed by atoms with Crippen LogP contribution in [0.3, 0.4) is 0 Å². The number of hydrogen-bond acceptors (Lipinski definition) is 5. The Morgan fingerprint density at radius 1 is 1.15 bits per heavy atom. The summed E-state index contributed by atoms with van der Waals surface area (Å²) in [7, 11) is 0. The predicted molar refractivity (Wildman–Crippen MR) is 74.0 cm³/mol. The monoisotopic (exact) mass is 278 g/mol.